The Hall–Kier alpha value is -3.35. The first-order chi connectivity index (χ1) is 14.6. The number of benzene rings is 2. The molecule has 0 saturated heterocycles. The van der Waals surface area contributed by atoms with E-state index in [2.05, 4.69) is 5.32 Å². The van der Waals surface area contributed by atoms with E-state index in [9.17, 15) is 14.4 Å². The van der Waals surface area contributed by atoms with Crippen molar-refractivity contribution in [2.75, 3.05) is 6.61 Å². The van der Waals surface area contributed by atoms with Gasteiger partial charge < -0.3 is 19.9 Å². The van der Waals surface area contributed by atoms with E-state index in [-0.39, 0.29) is 18.9 Å². The molecule has 0 bridgehead atoms. The molecule has 0 aromatic heterocycles. The predicted octanol–water partition coefficient (Wildman–Crippen LogP) is 4.10. The highest BCUT2D eigenvalue weighted by molar-refractivity contribution is 5.79. The van der Waals surface area contributed by atoms with Gasteiger partial charge in [0.15, 0.2) is 0 Å². The fourth-order valence-electron chi connectivity index (χ4n) is 3.78. The standard InChI is InChI=1S/C24H27NO6/c1-24(2,3)31-22(28)13-15(12-21(26)27)25-23(29)30-14-20-18-10-6-4-8-16(18)17-9-5-7-11-19(17)20/h4-11,15,20H,12-14H2,1-3H3,(H,25,29)(H,26,27)/t15-/m0/s1. The summed E-state index contributed by atoms with van der Waals surface area (Å²) in [4.78, 5) is 35.6. The Morgan fingerprint density at radius 1 is 0.968 bits per heavy atom. The van der Waals surface area contributed by atoms with Crippen LogP contribution >= 0.6 is 0 Å². The Kier molecular flexibility index (Phi) is 6.63. The van der Waals surface area contributed by atoms with Gasteiger partial charge in [0, 0.05) is 5.92 Å². The number of nitrogens with one attached hydrogen (secondary N) is 1. The lowest BCUT2D eigenvalue weighted by molar-refractivity contribution is -0.155. The lowest BCUT2D eigenvalue weighted by Crippen LogP contribution is -2.40. The number of fused-ring (bicyclic) bond motifs is 3. The number of aliphatic carboxylic acids is 1. The Bertz CT molecular complexity index is 933. The Balaban J connectivity index is 1.64. The number of ether oxygens (including phenoxy) is 2. The Morgan fingerprint density at radius 2 is 1.52 bits per heavy atom. The number of carboxylic acids is 1. The number of alkyl carbamates (subject to hydrolysis) is 1. The van der Waals surface area contributed by atoms with Gasteiger partial charge in [-0.3, -0.25) is 9.59 Å². The summed E-state index contributed by atoms with van der Waals surface area (Å²) in [7, 11) is 0. The molecule has 0 spiro atoms. The summed E-state index contributed by atoms with van der Waals surface area (Å²) in [5.41, 5.74) is 3.68. The molecule has 0 aliphatic heterocycles. The molecule has 7 heteroatoms. The van der Waals surface area contributed by atoms with Crippen LogP contribution in [0.4, 0.5) is 4.79 Å². The van der Waals surface area contributed by atoms with Crippen LogP contribution < -0.4 is 5.32 Å². The molecule has 0 unspecified atom stereocenters. The molecule has 164 valence electrons. The van der Waals surface area contributed by atoms with E-state index >= 15 is 0 Å². The summed E-state index contributed by atoms with van der Waals surface area (Å²) in [6, 6.07) is 15.0. The van der Waals surface area contributed by atoms with Crippen LogP contribution in [0, 0.1) is 0 Å². The van der Waals surface area contributed by atoms with Crippen molar-refractivity contribution in [2.45, 2.75) is 51.2 Å². The lowest BCUT2D eigenvalue weighted by Gasteiger charge is -2.22. The minimum absolute atomic E-state index is 0.103. The number of carboxylic acid groups (broad SMARTS) is 1. The third kappa shape index (κ3) is 5.84. The molecule has 7 nitrogen and oxygen atoms in total. The molecule has 1 amide bonds. The van der Waals surface area contributed by atoms with Crippen LogP contribution in [0.1, 0.15) is 50.7 Å². The van der Waals surface area contributed by atoms with Crippen LogP contribution in [0.3, 0.4) is 0 Å². The number of hydrogen-bond donors (Lipinski definition) is 2. The number of rotatable bonds is 7. The predicted molar refractivity (Wildman–Crippen MR) is 115 cm³/mol. The first kappa shape index (κ1) is 22.3. The SMILES string of the molecule is CC(C)(C)OC(=O)C[C@H](CC(=O)O)NC(=O)OCC1c2ccccc2-c2ccccc21. The third-order valence-corrected chi connectivity index (χ3v) is 4.92. The minimum atomic E-state index is -1.13. The molecular weight excluding hydrogens is 398 g/mol. The van der Waals surface area contributed by atoms with Crippen LogP contribution in [-0.4, -0.2) is 41.4 Å². The van der Waals surface area contributed by atoms with Crippen molar-refractivity contribution in [3.05, 3.63) is 59.7 Å². The van der Waals surface area contributed by atoms with Crippen molar-refractivity contribution in [1.82, 2.24) is 5.32 Å². The molecule has 1 aliphatic carbocycles. The molecule has 0 heterocycles. The van der Waals surface area contributed by atoms with Gasteiger partial charge in [0.2, 0.25) is 0 Å². The molecule has 2 aromatic rings. The van der Waals surface area contributed by atoms with Crippen LogP contribution in [-0.2, 0) is 19.1 Å². The fourth-order valence-corrected chi connectivity index (χ4v) is 3.78. The van der Waals surface area contributed by atoms with Crippen LogP contribution in [0.15, 0.2) is 48.5 Å². The molecule has 0 fully saturated rings. The van der Waals surface area contributed by atoms with E-state index in [1.54, 1.807) is 20.8 Å². The van der Waals surface area contributed by atoms with Gasteiger partial charge in [-0.15, -0.1) is 0 Å². The van der Waals surface area contributed by atoms with Crippen LogP contribution in [0.5, 0.6) is 0 Å². The largest absolute Gasteiger partial charge is 0.481 e. The van der Waals surface area contributed by atoms with E-state index in [1.807, 2.05) is 48.5 Å². The average Bonchev–Trinajstić information content (AvgIpc) is 2.98. The number of amides is 1. The second kappa shape index (κ2) is 9.20. The summed E-state index contributed by atoms with van der Waals surface area (Å²) < 4.78 is 10.7. The maximum Gasteiger partial charge on any atom is 0.407 e. The number of esters is 1. The van der Waals surface area contributed by atoms with Crippen molar-refractivity contribution >= 4 is 18.0 Å². The smallest absolute Gasteiger partial charge is 0.407 e. The van der Waals surface area contributed by atoms with Crippen LogP contribution in [0.2, 0.25) is 0 Å². The normalized spacial score (nSPS) is 13.6. The summed E-state index contributed by atoms with van der Waals surface area (Å²) in [5, 5.41) is 11.6. The molecular formula is C24H27NO6. The second-order valence-electron chi connectivity index (χ2n) is 8.56. The molecule has 3 rings (SSSR count). The van der Waals surface area contributed by atoms with Gasteiger partial charge in [-0.25, -0.2) is 4.79 Å². The van der Waals surface area contributed by atoms with Crippen molar-refractivity contribution in [3.8, 4) is 11.1 Å². The first-order valence-electron chi connectivity index (χ1n) is 10.2. The second-order valence-corrected chi connectivity index (χ2v) is 8.56. The van der Waals surface area contributed by atoms with Gasteiger partial charge in [-0.1, -0.05) is 48.5 Å². The summed E-state index contributed by atoms with van der Waals surface area (Å²) in [6.07, 6.45) is -1.44. The first-order valence-corrected chi connectivity index (χ1v) is 10.2. The quantitative estimate of drug-likeness (QED) is 0.648. The van der Waals surface area contributed by atoms with Crippen molar-refractivity contribution in [1.29, 1.82) is 0 Å². The zero-order valence-corrected chi connectivity index (χ0v) is 17.9. The molecule has 1 atom stereocenters. The third-order valence-electron chi connectivity index (χ3n) is 4.92. The van der Waals surface area contributed by atoms with E-state index in [0.29, 0.717) is 0 Å². The average molecular weight is 425 g/mol. The number of carbonyl (C=O) groups is 3. The van der Waals surface area contributed by atoms with E-state index in [0.717, 1.165) is 22.3 Å². The number of hydrogen-bond acceptors (Lipinski definition) is 5. The highest BCUT2D eigenvalue weighted by atomic mass is 16.6. The lowest BCUT2D eigenvalue weighted by atomic mass is 9.98. The Labute approximate surface area is 181 Å². The molecule has 1 aliphatic rings. The van der Waals surface area contributed by atoms with Gasteiger partial charge in [0.05, 0.1) is 18.9 Å². The monoisotopic (exact) mass is 425 g/mol. The maximum absolute atomic E-state index is 12.4. The van der Waals surface area contributed by atoms with E-state index in [4.69, 9.17) is 14.6 Å². The fraction of sp³-hybridized carbons (Fsp3) is 0.375. The highest BCUT2D eigenvalue weighted by Crippen LogP contribution is 2.44. The zero-order chi connectivity index (χ0) is 22.6. The van der Waals surface area contributed by atoms with Gasteiger partial charge in [0.25, 0.3) is 0 Å². The minimum Gasteiger partial charge on any atom is -0.481 e. The summed E-state index contributed by atoms with van der Waals surface area (Å²) >= 11 is 0. The van der Waals surface area contributed by atoms with Gasteiger partial charge in [0.1, 0.15) is 12.2 Å². The maximum atomic E-state index is 12.4. The zero-order valence-electron chi connectivity index (χ0n) is 17.9. The molecule has 2 aromatic carbocycles. The summed E-state index contributed by atoms with van der Waals surface area (Å²) in [6.45, 7) is 5.26. The van der Waals surface area contributed by atoms with Crippen molar-refractivity contribution < 1.29 is 29.0 Å². The van der Waals surface area contributed by atoms with E-state index < -0.39 is 36.1 Å². The highest BCUT2D eigenvalue weighted by Gasteiger charge is 2.30. The molecule has 2 N–H and O–H groups in total. The Morgan fingerprint density at radius 3 is 2.03 bits per heavy atom. The van der Waals surface area contributed by atoms with Crippen molar-refractivity contribution in [2.24, 2.45) is 0 Å². The molecule has 0 saturated carbocycles. The molecule has 31 heavy (non-hydrogen) atoms. The number of carbonyl (C=O) groups excluding carboxylic acids is 2. The summed E-state index contributed by atoms with van der Waals surface area (Å²) in [5.74, 6) is -1.83. The topological polar surface area (TPSA) is 102 Å². The van der Waals surface area contributed by atoms with Gasteiger partial charge in [-0.05, 0) is 43.0 Å². The molecule has 0 radical (unpaired) electrons. The van der Waals surface area contributed by atoms with Gasteiger partial charge >= 0.3 is 18.0 Å². The van der Waals surface area contributed by atoms with E-state index in [1.165, 1.54) is 0 Å². The van der Waals surface area contributed by atoms with Gasteiger partial charge in [-0.2, -0.15) is 0 Å². The van der Waals surface area contributed by atoms with Crippen LogP contribution in [0.25, 0.3) is 11.1 Å². The van der Waals surface area contributed by atoms with Crippen molar-refractivity contribution in [3.63, 3.8) is 0 Å².